The van der Waals surface area contributed by atoms with Gasteiger partial charge >= 0.3 is 0 Å². The largest absolute Gasteiger partial charge is 0.493 e. The summed E-state index contributed by atoms with van der Waals surface area (Å²) in [5, 5.41) is 9.02. The summed E-state index contributed by atoms with van der Waals surface area (Å²) in [6.07, 6.45) is 0. The first-order valence-corrected chi connectivity index (χ1v) is 9.97. The predicted molar refractivity (Wildman–Crippen MR) is 104 cm³/mol. The number of nitrogens with zero attached hydrogens (tertiary/aromatic N) is 3. The highest BCUT2D eigenvalue weighted by molar-refractivity contribution is 7.99. The van der Waals surface area contributed by atoms with Crippen molar-refractivity contribution in [3.8, 4) is 22.8 Å². The third kappa shape index (κ3) is 4.98. The van der Waals surface area contributed by atoms with Gasteiger partial charge in [-0.3, -0.25) is 4.79 Å². The molecule has 1 amide bonds. The highest BCUT2D eigenvalue weighted by Gasteiger charge is 2.11. The van der Waals surface area contributed by atoms with Crippen molar-refractivity contribution in [1.29, 1.82) is 0 Å². The second-order valence-electron chi connectivity index (χ2n) is 5.38. The van der Waals surface area contributed by atoms with E-state index in [-0.39, 0.29) is 11.7 Å². The number of anilines is 1. The number of hydrogen-bond donors (Lipinski definition) is 1. The van der Waals surface area contributed by atoms with Gasteiger partial charge in [-0.1, -0.05) is 5.16 Å². The molecule has 3 aromatic rings. The number of aryl methyl sites for hydroxylation is 1. The third-order valence-electron chi connectivity index (χ3n) is 3.46. The number of hydrogen-bond acceptors (Lipinski definition) is 9. The Balaban J connectivity index is 1.56. The van der Waals surface area contributed by atoms with E-state index in [0.29, 0.717) is 34.1 Å². The Bertz CT molecular complexity index is 925. The maximum Gasteiger partial charge on any atom is 0.236 e. The number of aromatic nitrogens is 3. The summed E-state index contributed by atoms with van der Waals surface area (Å²) in [5.41, 5.74) is 1.64. The van der Waals surface area contributed by atoms with Crippen molar-refractivity contribution in [3.63, 3.8) is 0 Å². The Kier molecular flexibility index (Phi) is 6.30. The lowest BCUT2D eigenvalue weighted by Gasteiger charge is -2.08. The van der Waals surface area contributed by atoms with Gasteiger partial charge in [-0.25, -0.2) is 4.98 Å². The molecule has 0 bridgehead atoms. The predicted octanol–water partition coefficient (Wildman–Crippen LogP) is 3.39. The van der Waals surface area contributed by atoms with Crippen molar-refractivity contribution in [3.05, 3.63) is 35.3 Å². The van der Waals surface area contributed by atoms with Gasteiger partial charge in [0.15, 0.2) is 22.5 Å². The van der Waals surface area contributed by atoms with Crippen LogP contribution < -0.4 is 14.8 Å². The van der Waals surface area contributed by atoms with E-state index in [1.54, 1.807) is 21.1 Å². The number of rotatable bonds is 8. The first-order chi connectivity index (χ1) is 13.1. The molecule has 1 N–H and O–H groups in total. The van der Waals surface area contributed by atoms with Gasteiger partial charge in [0.05, 0.1) is 31.4 Å². The Labute approximate surface area is 164 Å². The summed E-state index contributed by atoms with van der Waals surface area (Å²) in [7, 11) is 3.17. The zero-order valence-corrected chi connectivity index (χ0v) is 16.6. The van der Waals surface area contributed by atoms with E-state index < -0.39 is 0 Å². The zero-order valence-electron chi connectivity index (χ0n) is 15.0. The highest BCUT2D eigenvalue weighted by Crippen LogP contribution is 2.33. The average molecular weight is 406 g/mol. The maximum absolute atomic E-state index is 12.1. The van der Waals surface area contributed by atoms with Crippen LogP contribution >= 0.6 is 23.1 Å². The molecule has 2 aromatic heterocycles. The van der Waals surface area contributed by atoms with E-state index in [9.17, 15) is 4.79 Å². The van der Waals surface area contributed by atoms with E-state index in [1.807, 2.05) is 23.6 Å². The van der Waals surface area contributed by atoms with Crippen molar-refractivity contribution >= 4 is 34.1 Å². The molecular weight excluding hydrogens is 388 g/mol. The quantitative estimate of drug-likeness (QED) is 0.608. The van der Waals surface area contributed by atoms with E-state index in [0.717, 1.165) is 11.3 Å². The number of carbonyl (C=O) groups is 1. The van der Waals surface area contributed by atoms with Crippen LogP contribution in [0.5, 0.6) is 11.5 Å². The van der Waals surface area contributed by atoms with Crippen molar-refractivity contribution in [2.45, 2.75) is 12.7 Å². The van der Waals surface area contributed by atoms with Crippen LogP contribution in [0.1, 0.15) is 11.7 Å². The van der Waals surface area contributed by atoms with Crippen LogP contribution in [0.25, 0.3) is 11.3 Å². The Morgan fingerprint density at radius 1 is 1.26 bits per heavy atom. The normalized spacial score (nSPS) is 10.6. The minimum Gasteiger partial charge on any atom is -0.493 e. The molecule has 0 saturated carbocycles. The van der Waals surface area contributed by atoms with Crippen molar-refractivity contribution in [2.75, 3.05) is 25.3 Å². The topological polar surface area (TPSA) is 99.4 Å². The van der Waals surface area contributed by atoms with Gasteiger partial charge < -0.3 is 19.3 Å². The van der Waals surface area contributed by atoms with Crippen LogP contribution in [0.3, 0.4) is 0 Å². The lowest BCUT2D eigenvalue weighted by atomic mass is 10.1. The van der Waals surface area contributed by atoms with Crippen LogP contribution in [0.2, 0.25) is 0 Å². The van der Waals surface area contributed by atoms with Gasteiger partial charge in [-0.15, -0.1) is 23.1 Å². The standard InChI is InChI=1S/C17H18N4O4S2/c1-10-18-15(21-25-10)8-26-9-16(22)20-17-19-12(7-27-17)11-4-5-13(23-2)14(6-11)24-3/h4-7H,8-9H2,1-3H3,(H,19,20,22). The first kappa shape index (κ1) is 19.2. The van der Waals surface area contributed by atoms with Crippen LogP contribution in [-0.2, 0) is 10.5 Å². The van der Waals surface area contributed by atoms with Crippen LogP contribution in [-0.4, -0.2) is 41.0 Å². The molecule has 27 heavy (non-hydrogen) atoms. The van der Waals surface area contributed by atoms with Gasteiger partial charge in [0.2, 0.25) is 11.8 Å². The fourth-order valence-corrected chi connectivity index (χ4v) is 3.64. The summed E-state index contributed by atoms with van der Waals surface area (Å²) >= 11 is 2.77. The molecule has 0 unspecified atom stereocenters. The molecule has 0 spiro atoms. The number of thiazole rings is 1. The second kappa shape index (κ2) is 8.87. The summed E-state index contributed by atoms with van der Waals surface area (Å²) in [4.78, 5) is 20.6. The number of carbonyl (C=O) groups excluding carboxylic acids is 1. The fraction of sp³-hybridized carbons (Fsp3) is 0.294. The number of thioether (sulfide) groups is 1. The smallest absolute Gasteiger partial charge is 0.236 e. The van der Waals surface area contributed by atoms with Crippen LogP contribution in [0, 0.1) is 6.92 Å². The molecule has 0 atom stereocenters. The number of methoxy groups -OCH3 is 2. The van der Waals surface area contributed by atoms with E-state index in [4.69, 9.17) is 14.0 Å². The molecule has 0 aliphatic rings. The average Bonchev–Trinajstić information content (AvgIpc) is 3.30. The first-order valence-electron chi connectivity index (χ1n) is 7.93. The minimum absolute atomic E-state index is 0.131. The molecule has 2 heterocycles. The summed E-state index contributed by atoms with van der Waals surface area (Å²) in [6, 6.07) is 5.56. The van der Waals surface area contributed by atoms with Crippen LogP contribution in [0.4, 0.5) is 5.13 Å². The number of nitrogens with one attached hydrogen (secondary N) is 1. The Hall–Kier alpha value is -2.59. The van der Waals surface area contributed by atoms with Gasteiger partial charge in [0.1, 0.15) is 0 Å². The Morgan fingerprint density at radius 2 is 2.07 bits per heavy atom. The number of amides is 1. The highest BCUT2D eigenvalue weighted by atomic mass is 32.2. The second-order valence-corrected chi connectivity index (χ2v) is 7.22. The Morgan fingerprint density at radius 3 is 2.78 bits per heavy atom. The lowest BCUT2D eigenvalue weighted by Crippen LogP contribution is -2.14. The molecule has 1 aromatic carbocycles. The minimum atomic E-state index is -0.131. The van der Waals surface area contributed by atoms with Crippen LogP contribution in [0.15, 0.2) is 28.1 Å². The molecule has 0 aliphatic heterocycles. The zero-order chi connectivity index (χ0) is 19.2. The molecule has 0 saturated heterocycles. The van der Waals surface area contributed by atoms with E-state index in [1.165, 1.54) is 23.1 Å². The molecule has 0 fully saturated rings. The molecule has 0 radical (unpaired) electrons. The summed E-state index contributed by atoms with van der Waals surface area (Å²) in [6.45, 7) is 1.73. The monoisotopic (exact) mass is 406 g/mol. The van der Waals surface area contributed by atoms with E-state index in [2.05, 4.69) is 20.4 Å². The fourth-order valence-electron chi connectivity index (χ4n) is 2.25. The van der Waals surface area contributed by atoms with Gasteiger partial charge in [0, 0.05) is 17.9 Å². The van der Waals surface area contributed by atoms with E-state index >= 15 is 0 Å². The number of benzene rings is 1. The number of ether oxygens (including phenoxy) is 2. The lowest BCUT2D eigenvalue weighted by molar-refractivity contribution is -0.113. The molecule has 0 aliphatic carbocycles. The maximum atomic E-state index is 12.1. The molecule has 10 heteroatoms. The summed E-state index contributed by atoms with van der Waals surface area (Å²) in [5.74, 6) is 3.03. The molecule has 142 valence electrons. The van der Waals surface area contributed by atoms with Crippen molar-refractivity contribution in [2.24, 2.45) is 0 Å². The van der Waals surface area contributed by atoms with Gasteiger partial charge in [-0.05, 0) is 18.2 Å². The molecule has 8 nitrogen and oxygen atoms in total. The van der Waals surface area contributed by atoms with Gasteiger partial charge in [-0.2, -0.15) is 4.98 Å². The summed E-state index contributed by atoms with van der Waals surface area (Å²) < 4.78 is 15.4. The van der Waals surface area contributed by atoms with Crippen molar-refractivity contribution in [1.82, 2.24) is 15.1 Å². The van der Waals surface area contributed by atoms with Gasteiger partial charge in [0.25, 0.3) is 0 Å². The molecule has 3 rings (SSSR count). The SMILES string of the molecule is COc1ccc(-c2csc(NC(=O)CSCc3noc(C)n3)n2)cc1OC. The van der Waals surface area contributed by atoms with Crippen molar-refractivity contribution < 1.29 is 18.8 Å². The molecular formula is C17H18N4O4S2. The third-order valence-corrected chi connectivity index (χ3v) is 5.15.